The summed E-state index contributed by atoms with van der Waals surface area (Å²) in [6.07, 6.45) is 0.522. The molecule has 3 aromatic heterocycles. The highest BCUT2D eigenvalue weighted by atomic mass is 16.3. The van der Waals surface area contributed by atoms with Crippen LogP contribution in [0.3, 0.4) is 0 Å². The van der Waals surface area contributed by atoms with Crippen molar-refractivity contribution in [3.8, 4) is 22.4 Å². The van der Waals surface area contributed by atoms with Gasteiger partial charge in [-0.15, -0.1) is 0 Å². The lowest BCUT2D eigenvalue weighted by Gasteiger charge is -2.55. The lowest BCUT2D eigenvalue weighted by Crippen LogP contribution is -2.63. The van der Waals surface area contributed by atoms with Gasteiger partial charge in [0.2, 0.25) is 0 Å². The molecule has 0 atom stereocenters. The summed E-state index contributed by atoms with van der Waals surface area (Å²) in [4.78, 5) is 38.5. The lowest BCUT2D eigenvalue weighted by atomic mass is 9.61. The largest absolute Gasteiger partial charge is 0.390 e. The van der Waals surface area contributed by atoms with E-state index in [0.717, 1.165) is 56.0 Å². The maximum absolute atomic E-state index is 13.6. The Morgan fingerprint density at radius 2 is 1.39 bits per heavy atom. The molecule has 0 bridgehead atoms. The SMILES string of the molecule is Cc1cc2nc(C)c3cc(-c4ccccc4)c(-c4ccc([C@]5(N6C(=O)c7ccccc7C6=O)C[C@](C)(O)C5)cc4)nc3n2n1. The van der Waals surface area contributed by atoms with E-state index in [1.807, 2.05) is 62.4 Å². The van der Waals surface area contributed by atoms with Gasteiger partial charge in [0.1, 0.15) is 0 Å². The number of imide groups is 1. The molecule has 8 rings (SSSR count). The molecule has 6 aromatic rings. The van der Waals surface area contributed by atoms with Gasteiger partial charge in [0.15, 0.2) is 11.3 Å². The van der Waals surface area contributed by atoms with E-state index >= 15 is 0 Å². The molecule has 216 valence electrons. The van der Waals surface area contributed by atoms with Crippen molar-refractivity contribution < 1.29 is 14.7 Å². The van der Waals surface area contributed by atoms with Crippen LogP contribution in [0.2, 0.25) is 0 Å². The second-order valence-corrected chi connectivity index (χ2v) is 12.3. The van der Waals surface area contributed by atoms with Gasteiger partial charge >= 0.3 is 0 Å². The van der Waals surface area contributed by atoms with Crippen LogP contribution >= 0.6 is 0 Å². The number of pyridine rings is 1. The monoisotopic (exact) mass is 579 g/mol. The van der Waals surface area contributed by atoms with Crippen molar-refractivity contribution in [2.75, 3.05) is 0 Å². The zero-order valence-electron chi connectivity index (χ0n) is 24.6. The van der Waals surface area contributed by atoms with Crippen molar-refractivity contribution in [3.05, 3.63) is 119 Å². The predicted molar refractivity (Wildman–Crippen MR) is 167 cm³/mol. The summed E-state index contributed by atoms with van der Waals surface area (Å²) >= 11 is 0. The van der Waals surface area contributed by atoms with E-state index in [0.29, 0.717) is 11.1 Å². The van der Waals surface area contributed by atoms with Crippen LogP contribution in [0.4, 0.5) is 0 Å². The minimum absolute atomic E-state index is 0.261. The van der Waals surface area contributed by atoms with Crippen molar-refractivity contribution in [1.82, 2.24) is 24.5 Å². The van der Waals surface area contributed by atoms with Crippen molar-refractivity contribution in [1.29, 1.82) is 0 Å². The molecule has 1 aliphatic heterocycles. The molecule has 1 N–H and O–H groups in total. The van der Waals surface area contributed by atoms with Crippen molar-refractivity contribution in [2.45, 2.75) is 44.8 Å². The van der Waals surface area contributed by atoms with E-state index in [1.165, 1.54) is 4.90 Å². The van der Waals surface area contributed by atoms with E-state index in [9.17, 15) is 14.7 Å². The third-order valence-electron chi connectivity index (χ3n) is 9.04. The number of benzene rings is 3. The number of nitrogens with zero attached hydrogens (tertiary/aromatic N) is 5. The number of carbonyl (C=O) groups excluding carboxylic acids is 2. The Morgan fingerprint density at radius 3 is 2.02 bits per heavy atom. The molecule has 8 nitrogen and oxygen atoms in total. The van der Waals surface area contributed by atoms with Gasteiger partial charge in [0, 0.05) is 35.4 Å². The minimum Gasteiger partial charge on any atom is -0.390 e. The second-order valence-electron chi connectivity index (χ2n) is 12.3. The fraction of sp³-hybridized carbons (Fsp3) is 0.194. The van der Waals surface area contributed by atoms with Crippen LogP contribution in [0.5, 0.6) is 0 Å². The Morgan fingerprint density at radius 1 is 0.750 bits per heavy atom. The van der Waals surface area contributed by atoms with E-state index in [1.54, 1.807) is 35.7 Å². The number of aliphatic hydroxyl groups is 1. The molecular formula is C36H29N5O3. The van der Waals surface area contributed by atoms with Crippen LogP contribution in [-0.4, -0.2) is 47.0 Å². The average molecular weight is 580 g/mol. The predicted octanol–water partition coefficient (Wildman–Crippen LogP) is 6.26. The zero-order valence-corrected chi connectivity index (χ0v) is 24.6. The van der Waals surface area contributed by atoms with Crippen molar-refractivity contribution >= 4 is 28.5 Å². The van der Waals surface area contributed by atoms with Crippen LogP contribution in [0, 0.1) is 13.8 Å². The summed E-state index contributed by atoms with van der Waals surface area (Å²) < 4.78 is 1.79. The average Bonchev–Trinajstić information content (AvgIpc) is 3.51. The van der Waals surface area contributed by atoms with Gasteiger partial charge in [-0.3, -0.25) is 14.5 Å². The second kappa shape index (κ2) is 9.14. The molecule has 0 unspecified atom stereocenters. The first kappa shape index (κ1) is 26.4. The smallest absolute Gasteiger partial charge is 0.262 e. The molecular weight excluding hydrogens is 550 g/mol. The van der Waals surface area contributed by atoms with Gasteiger partial charge in [-0.1, -0.05) is 66.7 Å². The number of hydrogen-bond acceptors (Lipinski definition) is 6. The van der Waals surface area contributed by atoms with Crippen LogP contribution in [0.15, 0.2) is 91.0 Å². The van der Waals surface area contributed by atoms with Crippen LogP contribution in [0.1, 0.15) is 57.4 Å². The van der Waals surface area contributed by atoms with Crippen molar-refractivity contribution in [3.63, 3.8) is 0 Å². The highest BCUT2D eigenvalue weighted by Crippen LogP contribution is 2.54. The minimum atomic E-state index is -0.993. The first-order chi connectivity index (χ1) is 21.1. The quantitative estimate of drug-likeness (QED) is 0.247. The fourth-order valence-corrected chi connectivity index (χ4v) is 7.16. The fourth-order valence-electron chi connectivity index (χ4n) is 7.16. The van der Waals surface area contributed by atoms with Crippen molar-refractivity contribution in [2.24, 2.45) is 0 Å². The van der Waals surface area contributed by atoms with E-state index < -0.39 is 11.1 Å². The van der Waals surface area contributed by atoms with Crippen LogP contribution < -0.4 is 0 Å². The molecule has 2 amide bonds. The molecule has 1 saturated carbocycles. The van der Waals surface area contributed by atoms with Gasteiger partial charge in [0.05, 0.1) is 39.3 Å². The Bertz CT molecular complexity index is 2120. The highest BCUT2D eigenvalue weighted by Gasteiger charge is 2.60. The summed E-state index contributed by atoms with van der Waals surface area (Å²) in [5.41, 5.74) is 6.50. The van der Waals surface area contributed by atoms with Gasteiger partial charge < -0.3 is 5.11 Å². The number of fused-ring (bicyclic) bond motifs is 4. The number of rotatable bonds is 4. The Balaban J connectivity index is 1.28. The maximum atomic E-state index is 13.6. The molecule has 2 aliphatic rings. The lowest BCUT2D eigenvalue weighted by molar-refractivity contribution is -0.118. The summed E-state index contributed by atoms with van der Waals surface area (Å²) in [6, 6.07) is 29.0. The van der Waals surface area contributed by atoms with E-state index in [-0.39, 0.29) is 24.7 Å². The van der Waals surface area contributed by atoms with E-state index in [2.05, 4.69) is 23.3 Å². The maximum Gasteiger partial charge on any atom is 0.262 e. The third kappa shape index (κ3) is 3.77. The Hall–Kier alpha value is -5.21. The Labute approximate surface area is 253 Å². The summed E-state index contributed by atoms with van der Waals surface area (Å²) in [7, 11) is 0. The molecule has 4 heterocycles. The molecule has 0 spiro atoms. The van der Waals surface area contributed by atoms with Gasteiger partial charge in [-0.25, -0.2) is 9.97 Å². The first-order valence-corrected chi connectivity index (χ1v) is 14.7. The molecule has 0 radical (unpaired) electrons. The normalized spacial score (nSPS) is 21.2. The molecule has 44 heavy (non-hydrogen) atoms. The molecule has 1 fully saturated rings. The zero-order chi connectivity index (χ0) is 30.4. The first-order valence-electron chi connectivity index (χ1n) is 14.7. The van der Waals surface area contributed by atoms with Gasteiger partial charge in [0.25, 0.3) is 11.8 Å². The number of aryl methyl sites for hydroxylation is 2. The number of carbonyl (C=O) groups is 2. The number of amides is 2. The third-order valence-corrected chi connectivity index (χ3v) is 9.04. The summed E-state index contributed by atoms with van der Waals surface area (Å²) in [5, 5.41) is 16.5. The summed E-state index contributed by atoms with van der Waals surface area (Å²) in [6.45, 7) is 5.68. The number of hydrogen-bond donors (Lipinski definition) is 1. The molecule has 1 aliphatic carbocycles. The number of aromatic nitrogens is 4. The van der Waals surface area contributed by atoms with Crippen LogP contribution in [0.25, 0.3) is 39.1 Å². The van der Waals surface area contributed by atoms with Gasteiger partial charge in [-0.2, -0.15) is 9.61 Å². The molecule has 8 heteroatoms. The topological polar surface area (TPSA) is 101 Å². The Kier molecular flexibility index (Phi) is 5.49. The highest BCUT2D eigenvalue weighted by molar-refractivity contribution is 6.22. The molecule has 3 aromatic carbocycles. The van der Waals surface area contributed by atoms with Crippen LogP contribution in [-0.2, 0) is 5.54 Å². The standard InChI is InChI=1S/C36H29N5O3/c1-21-17-30-37-22(2)28-18-29(23-9-5-4-6-10-23)31(38-32(28)41(30)39-21)24-13-15-25(16-14-24)36(19-35(3,44)20-36)40-33(42)26-11-7-8-12-27(26)34(40)43/h4-18,44H,19-20H2,1-3H3/t35-,36-. The van der Waals surface area contributed by atoms with Gasteiger partial charge in [-0.05, 0) is 50.1 Å². The summed E-state index contributed by atoms with van der Waals surface area (Å²) in [5.74, 6) is -0.648. The van der Waals surface area contributed by atoms with E-state index in [4.69, 9.17) is 9.97 Å². The molecule has 0 saturated heterocycles.